The molecule has 3 rings (SSSR count). The van der Waals surface area contributed by atoms with Gasteiger partial charge in [-0.05, 0) is 52.2 Å². The molecule has 0 aliphatic carbocycles. The fourth-order valence-electron chi connectivity index (χ4n) is 3.05. The largest absolute Gasteiger partial charge is 0.497 e. The van der Waals surface area contributed by atoms with E-state index in [1.54, 1.807) is 14.2 Å². The number of rotatable bonds is 5. The number of ether oxygens (including phenoxy) is 2. The van der Waals surface area contributed by atoms with Crippen molar-refractivity contribution in [2.45, 2.75) is 13.5 Å². The summed E-state index contributed by atoms with van der Waals surface area (Å²) in [5.74, 6) is 2.73. The summed E-state index contributed by atoms with van der Waals surface area (Å²) in [7, 11) is 3.37. The number of hydrogen-bond acceptors (Lipinski definition) is 5. The highest BCUT2D eigenvalue weighted by molar-refractivity contribution is 9.10. The number of aromatic nitrogens is 1. The Kier molecular flexibility index (Phi) is 5.81. The number of halogens is 1. The fraction of sp³-hybridized carbons (Fsp3) is 0.421. The Bertz CT molecular complexity index is 708. The molecule has 0 atom stereocenters. The average molecular weight is 406 g/mol. The maximum Gasteiger partial charge on any atom is 0.128 e. The Hall–Kier alpha value is -1.79. The smallest absolute Gasteiger partial charge is 0.128 e. The van der Waals surface area contributed by atoms with Crippen molar-refractivity contribution in [1.29, 1.82) is 0 Å². The highest BCUT2D eigenvalue weighted by atomic mass is 79.9. The summed E-state index contributed by atoms with van der Waals surface area (Å²) in [5.41, 5.74) is 2.43. The molecule has 0 unspecified atom stereocenters. The van der Waals surface area contributed by atoms with E-state index < -0.39 is 0 Å². The second-order valence-electron chi connectivity index (χ2n) is 6.28. The molecule has 1 fully saturated rings. The second-order valence-corrected chi connectivity index (χ2v) is 7.13. The molecule has 1 aliphatic rings. The maximum atomic E-state index is 5.36. The SMILES string of the molecule is COc1cc(CN2CCN(c3cc(C)c(Br)cn3)CC2)cc(OC)c1. The van der Waals surface area contributed by atoms with Gasteiger partial charge in [0.05, 0.1) is 14.2 Å². The van der Waals surface area contributed by atoms with Crippen molar-refractivity contribution in [3.05, 3.63) is 46.1 Å². The number of nitrogens with zero attached hydrogens (tertiary/aromatic N) is 3. The van der Waals surface area contributed by atoms with Crippen LogP contribution in [0.25, 0.3) is 0 Å². The zero-order valence-corrected chi connectivity index (χ0v) is 16.5. The van der Waals surface area contributed by atoms with E-state index >= 15 is 0 Å². The lowest BCUT2D eigenvalue weighted by Crippen LogP contribution is -2.46. The minimum atomic E-state index is 0.836. The Morgan fingerprint density at radius 1 is 1.00 bits per heavy atom. The van der Waals surface area contributed by atoms with Crippen molar-refractivity contribution in [2.75, 3.05) is 45.3 Å². The molecule has 0 saturated carbocycles. The fourth-order valence-corrected chi connectivity index (χ4v) is 3.27. The monoisotopic (exact) mass is 405 g/mol. The standard InChI is InChI=1S/C19H24BrN3O2/c1-14-8-19(21-12-18(14)20)23-6-4-22(5-7-23)13-15-9-16(24-2)11-17(10-15)25-3/h8-12H,4-7,13H2,1-3H3. The zero-order chi connectivity index (χ0) is 17.8. The van der Waals surface area contributed by atoms with Crippen LogP contribution in [0.4, 0.5) is 5.82 Å². The third kappa shape index (κ3) is 4.44. The lowest BCUT2D eigenvalue weighted by atomic mass is 10.1. The van der Waals surface area contributed by atoms with E-state index in [1.807, 2.05) is 12.3 Å². The minimum Gasteiger partial charge on any atom is -0.497 e. The van der Waals surface area contributed by atoms with E-state index in [-0.39, 0.29) is 0 Å². The van der Waals surface area contributed by atoms with E-state index in [0.29, 0.717) is 0 Å². The van der Waals surface area contributed by atoms with E-state index in [4.69, 9.17) is 9.47 Å². The molecule has 2 aromatic rings. The van der Waals surface area contributed by atoms with Gasteiger partial charge < -0.3 is 14.4 Å². The van der Waals surface area contributed by atoms with E-state index in [2.05, 4.69) is 55.8 Å². The van der Waals surface area contributed by atoms with E-state index in [0.717, 1.165) is 54.5 Å². The predicted octanol–water partition coefficient (Wildman–Crippen LogP) is 3.49. The van der Waals surface area contributed by atoms with Crippen LogP contribution in [0.5, 0.6) is 11.5 Å². The van der Waals surface area contributed by atoms with Crippen LogP contribution in [0.15, 0.2) is 34.9 Å². The van der Waals surface area contributed by atoms with Crippen molar-refractivity contribution in [3.63, 3.8) is 0 Å². The Morgan fingerprint density at radius 3 is 2.20 bits per heavy atom. The molecule has 6 heteroatoms. The first-order valence-corrected chi connectivity index (χ1v) is 9.19. The highest BCUT2D eigenvalue weighted by Gasteiger charge is 2.19. The van der Waals surface area contributed by atoms with Gasteiger partial charge in [-0.15, -0.1) is 0 Å². The van der Waals surface area contributed by atoms with Crippen molar-refractivity contribution < 1.29 is 9.47 Å². The molecule has 0 N–H and O–H groups in total. The molecular formula is C19H24BrN3O2. The van der Waals surface area contributed by atoms with Crippen molar-refractivity contribution >= 4 is 21.7 Å². The quantitative estimate of drug-likeness (QED) is 0.760. The summed E-state index contributed by atoms with van der Waals surface area (Å²) in [4.78, 5) is 9.35. The third-order valence-electron chi connectivity index (χ3n) is 4.55. The molecular weight excluding hydrogens is 382 g/mol. The Morgan fingerprint density at radius 2 is 1.64 bits per heavy atom. The number of anilines is 1. The minimum absolute atomic E-state index is 0.836. The van der Waals surface area contributed by atoms with Gasteiger partial charge in [0.2, 0.25) is 0 Å². The number of benzene rings is 1. The highest BCUT2D eigenvalue weighted by Crippen LogP contribution is 2.25. The van der Waals surface area contributed by atoms with Gasteiger partial charge in [-0.3, -0.25) is 4.90 Å². The molecule has 1 saturated heterocycles. The molecule has 0 radical (unpaired) electrons. The molecule has 0 amide bonds. The van der Waals surface area contributed by atoms with Gasteiger partial charge in [0.15, 0.2) is 0 Å². The number of methoxy groups -OCH3 is 2. The van der Waals surface area contributed by atoms with Gasteiger partial charge >= 0.3 is 0 Å². The zero-order valence-electron chi connectivity index (χ0n) is 15.0. The second kappa shape index (κ2) is 8.06. The van der Waals surface area contributed by atoms with Gasteiger partial charge in [-0.2, -0.15) is 0 Å². The Balaban J connectivity index is 1.62. The molecule has 2 heterocycles. The number of pyridine rings is 1. The molecule has 0 spiro atoms. The van der Waals surface area contributed by atoms with Gasteiger partial charge in [-0.25, -0.2) is 4.98 Å². The molecule has 1 aromatic carbocycles. The van der Waals surface area contributed by atoms with Crippen molar-refractivity contribution in [1.82, 2.24) is 9.88 Å². The summed E-state index contributed by atoms with van der Waals surface area (Å²) < 4.78 is 11.8. The van der Waals surface area contributed by atoms with Gasteiger partial charge in [-0.1, -0.05) is 0 Å². The van der Waals surface area contributed by atoms with Crippen LogP contribution >= 0.6 is 15.9 Å². The van der Waals surface area contributed by atoms with Crippen LogP contribution in [0.3, 0.4) is 0 Å². The lowest BCUT2D eigenvalue weighted by molar-refractivity contribution is 0.248. The first kappa shape index (κ1) is 18.0. The molecule has 1 aromatic heterocycles. The summed E-state index contributed by atoms with van der Waals surface area (Å²) in [5, 5.41) is 0. The van der Waals surface area contributed by atoms with Crippen molar-refractivity contribution in [2.24, 2.45) is 0 Å². The van der Waals surface area contributed by atoms with Gasteiger partial charge in [0, 0.05) is 49.5 Å². The average Bonchev–Trinajstić information content (AvgIpc) is 2.64. The van der Waals surface area contributed by atoms with E-state index in [1.165, 1.54) is 11.1 Å². The first-order chi connectivity index (χ1) is 12.1. The third-order valence-corrected chi connectivity index (χ3v) is 5.38. The number of hydrogen-bond donors (Lipinski definition) is 0. The summed E-state index contributed by atoms with van der Waals surface area (Å²) in [6.45, 7) is 6.98. The van der Waals surface area contributed by atoms with Crippen LogP contribution in [0.2, 0.25) is 0 Å². The molecule has 134 valence electrons. The number of piperazine rings is 1. The van der Waals surface area contributed by atoms with Crippen LogP contribution in [-0.4, -0.2) is 50.3 Å². The lowest BCUT2D eigenvalue weighted by Gasteiger charge is -2.35. The van der Waals surface area contributed by atoms with Crippen LogP contribution in [-0.2, 0) is 6.54 Å². The van der Waals surface area contributed by atoms with Crippen molar-refractivity contribution in [3.8, 4) is 11.5 Å². The van der Waals surface area contributed by atoms with Crippen LogP contribution in [0, 0.1) is 6.92 Å². The molecule has 5 nitrogen and oxygen atoms in total. The normalized spacial score (nSPS) is 15.3. The number of aryl methyl sites for hydroxylation is 1. The molecule has 1 aliphatic heterocycles. The summed E-state index contributed by atoms with van der Waals surface area (Å²) >= 11 is 3.51. The van der Waals surface area contributed by atoms with Crippen LogP contribution < -0.4 is 14.4 Å². The molecule has 25 heavy (non-hydrogen) atoms. The molecule has 0 bridgehead atoms. The van der Waals surface area contributed by atoms with E-state index in [9.17, 15) is 0 Å². The first-order valence-electron chi connectivity index (χ1n) is 8.40. The topological polar surface area (TPSA) is 37.8 Å². The van der Waals surface area contributed by atoms with Crippen LogP contribution in [0.1, 0.15) is 11.1 Å². The summed E-state index contributed by atoms with van der Waals surface area (Å²) in [6, 6.07) is 8.21. The predicted molar refractivity (Wildman–Crippen MR) is 104 cm³/mol. The summed E-state index contributed by atoms with van der Waals surface area (Å²) in [6.07, 6.45) is 1.89. The maximum absolute atomic E-state index is 5.36. The Labute approximate surface area is 157 Å². The van der Waals surface area contributed by atoms with Gasteiger partial charge in [0.25, 0.3) is 0 Å². The van der Waals surface area contributed by atoms with Gasteiger partial charge in [0.1, 0.15) is 17.3 Å².